The zero-order valence-electron chi connectivity index (χ0n) is 10.7. The van der Waals surface area contributed by atoms with E-state index in [1.54, 1.807) is 7.11 Å². The molecule has 2 unspecified atom stereocenters. The minimum absolute atomic E-state index is 0.144. The highest BCUT2D eigenvalue weighted by Crippen LogP contribution is 2.22. The van der Waals surface area contributed by atoms with Crippen molar-refractivity contribution in [2.75, 3.05) is 7.11 Å². The Labute approximate surface area is 98.6 Å². The van der Waals surface area contributed by atoms with E-state index in [-0.39, 0.29) is 6.29 Å². The Balaban J connectivity index is 2.64. The minimum Gasteiger partial charge on any atom is -0.465 e. The second-order valence-electron chi connectivity index (χ2n) is 4.07. The van der Waals surface area contributed by atoms with E-state index in [0.717, 1.165) is 18.6 Å². The van der Waals surface area contributed by atoms with Gasteiger partial charge in [0.2, 0.25) is 0 Å². The molecular formula is C14H22O2. The Morgan fingerprint density at radius 2 is 1.69 bits per heavy atom. The van der Waals surface area contributed by atoms with Crippen molar-refractivity contribution < 1.29 is 9.47 Å². The largest absolute Gasteiger partial charge is 0.465 e. The highest BCUT2D eigenvalue weighted by molar-refractivity contribution is 5.29. The summed E-state index contributed by atoms with van der Waals surface area (Å²) in [6.07, 6.45) is 1.87. The van der Waals surface area contributed by atoms with Gasteiger partial charge in [0.1, 0.15) is 5.75 Å². The lowest BCUT2D eigenvalue weighted by Gasteiger charge is -2.16. The van der Waals surface area contributed by atoms with Crippen LogP contribution in [-0.2, 0) is 4.74 Å². The predicted molar refractivity (Wildman–Crippen MR) is 66.9 cm³/mol. The third kappa shape index (κ3) is 3.53. The molecule has 0 spiro atoms. The molecule has 0 saturated heterocycles. The van der Waals surface area contributed by atoms with Crippen LogP contribution in [0.1, 0.15) is 45.1 Å². The zero-order valence-corrected chi connectivity index (χ0v) is 10.7. The van der Waals surface area contributed by atoms with Crippen LogP contribution in [0.3, 0.4) is 0 Å². The molecule has 0 aromatic heterocycles. The van der Waals surface area contributed by atoms with E-state index in [2.05, 4.69) is 26.0 Å². The first kappa shape index (κ1) is 13.0. The molecular weight excluding hydrogens is 200 g/mol. The third-order valence-corrected chi connectivity index (χ3v) is 2.93. The molecule has 1 rings (SSSR count). The minimum atomic E-state index is -0.144. The first-order valence-electron chi connectivity index (χ1n) is 6.00. The number of methoxy groups -OCH3 is 1. The average Bonchev–Trinajstić information content (AvgIpc) is 2.35. The Bertz CT molecular complexity index is 288. The third-order valence-electron chi connectivity index (χ3n) is 2.93. The van der Waals surface area contributed by atoms with Crippen LogP contribution in [0, 0.1) is 0 Å². The number of hydrogen-bond acceptors (Lipinski definition) is 2. The van der Waals surface area contributed by atoms with Gasteiger partial charge >= 0.3 is 0 Å². The summed E-state index contributed by atoms with van der Waals surface area (Å²) in [5, 5.41) is 0. The van der Waals surface area contributed by atoms with Gasteiger partial charge in [0.25, 0.3) is 0 Å². The van der Waals surface area contributed by atoms with Crippen molar-refractivity contribution in [3.05, 3.63) is 29.8 Å². The molecule has 2 nitrogen and oxygen atoms in total. The van der Waals surface area contributed by atoms with E-state index in [1.165, 1.54) is 5.56 Å². The molecule has 0 amide bonds. The summed E-state index contributed by atoms with van der Waals surface area (Å²) in [6.45, 7) is 6.48. The van der Waals surface area contributed by atoms with Gasteiger partial charge < -0.3 is 9.47 Å². The van der Waals surface area contributed by atoms with Gasteiger partial charge in [-0.3, -0.25) is 0 Å². The molecule has 0 aliphatic carbocycles. The normalized spacial score (nSPS) is 14.5. The standard InChI is InChI=1S/C14H22O2/c1-5-11(3)12-7-9-13(10-8-12)16-14(6-2)15-4/h7-11,14H,5-6H2,1-4H3. The van der Waals surface area contributed by atoms with E-state index in [1.807, 2.05) is 19.1 Å². The Morgan fingerprint density at radius 3 is 2.12 bits per heavy atom. The first-order valence-corrected chi connectivity index (χ1v) is 6.00. The molecule has 2 atom stereocenters. The summed E-state index contributed by atoms with van der Waals surface area (Å²) in [4.78, 5) is 0. The molecule has 0 aliphatic rings. The Morgan fingerprint density at radius 1 is 1.06 bits per heavy atom. The smallest absolute Gasteiger partial charge is 0.199 e. The Hall–Kier alpha value is -1.02. The molecule has 90 valence electrons. The lowest BCUT2D eigenvalue weighted by atomic mass is 9.99. The number of rotatable bonds is 6. The fraction of sp³-hybridized carbons (Fsp3) is 0.571. The first-order chi connectivity index (χ1) is 7.71. The van der Waals surface area contributed by atoms with E-state index in [4.69, 9.17) is 9.47 Å². The monoisotopic (exact) mass is 222 g/mol. The number of benzene rings is 1. The maximum Gasteiger partial charge on any atom is 0.199 e. The van der Waals surface area contributed by atoms with Gasteiger partial charge in [-0.15, -0.1) is 0 Å². The lowest BCUT2D eigenvalue weighted by molar-refractivity contribution is -0.0548. The summed E-state index contributed by atoms with van der Waals surface area (Å²) in [6, 6.07) is 8.30. The van der Waals surface area contributed by atoms with Crippen LogP contribution < -0.4 is 4.74 Å². The second-order valence-corrected chi connectivity index (χ2v) is 4.07. The summed E-state index contributed by atoms with van der Waals surface area (Å²) in [5.41, 5.74) is 1.36. The Kier molecular flexibility index (Phi) is 5.33. The average molecular weight is 222 g/mol. The van der Waals surface area contributed by atoms with Gasteiger partial charge in [0, 0.05) is 13.5 Å². The molecule has 0 heterocycles. The maximum absolute atomic E-state index is 5.66. The molecule has 0 N–H and O–H groups in total. The molecule has 0 saturated carbocycles. The van der Waals surface area contributed by atoms with Crippen molar-refractivity contribution in [2.24, 2.45) is 0 Å². The summed E-state index contributed by atoms with van der Waals surface area (Å²) < 4.78 is 10.8. The van der Waals surface area contributed by atoms with E-state index < -0.39 is 0 Å². The molecule has 16 heavy (non-hydrogen) atoms. The van der Waals surface area contributed by atoms with Crippen LogP contribution in [0.15, 0.2) is 24.3 Å². The van der Waals surface area contributed by atoms with Crippen molar-refractivity contribution in [1.29, 1.82) is 0 Å². The van der Waals surface area contributed by atoms with Crippen molar-refractivity contribution in [1.82, 2.24) is 0 Å². The van der Waals surface area contributed by atoms with Crippen LogP contribution in [0.2, 0.25) is 0 Å². The van der Waals surface area contributed by atoms with Crippen molar-refractivity contribution in [3.8, 4) is 5.75 Å². The molecule has 2 heteroatoms. The summed E-state index contributed by atoms with van der Waals surface area (Å²) in [5.74, 6) is 1.49. The number of ether oxygens (including phenoxy) is 2. The van der Waals surface area contributed by atoms with E-state index in [9.17, 15) is 0 Å². The second kappa shape index (κ2) is 6.54. The van der Waals surface area contributed by atoms with Crippen molar-refractivity contribution >= 4 is 0 Å². The highest BCUT2D eigenvalue weighted by atomic mass is 16.7. The zero-order chi connectivity index (χ0) is 12.0. The quantitative estimate of drug-likeness (QED) is 0.678. The van der Waals surface area contributed by atoms with Gasteiger partial charge in [0.15, 0.2) is 6.29 Å². The topological polar surface area (TPSA) is 18.5 Å². The van der Waals surface area contributed by atoms with Gasteiger partial charge in [-0.25, -0.2) is 0 Å². The van der Waals surface area contributed by atoms with Crippen LogP contribution >= 0.6 is 0 Å². The predicted octanol–water partition coefficient (Wildman–Crippen LogP) is 3.96. The SMILES string of the molecule is CCC(OC)Oc1ccc(C(C)CC)cc1. The molecule has 1 aromatic rings. The van der Waals surface area contributed by atoms with Crippen LogP contribution in [0.5, 0.6) is 5.75 Å². The number of hydrogen-bond donors (Lipinski definition) is 0. The highest BCUT2D eigenvalue weighted by Gasteiger charge is 2.07. The van der Waals surface area contributed by atoms with Crippen LogP contribution in [0.25, 0.3) is 0 Å². The van der Waals surface area contributed by atoms with Crippen LogP contribution in [0.4, 0.5) is 0 Å². The van der Waals surface area contributed by atoms with Crippen molar-refractivity contribution in [2.45, 2.75) is 45.8 Å². The molecule has 1 aromatic carbocycles. The fourth-order valence-electron chi connectivity index (χ4n) is 1.56. The molecule has 0 radical (unpaired) electrons. The van der Waals surface area contributed by atoms with E-state index in [0.29, 0.717) is 5.92 Å². The van der Waals surface area contributed by atoms with Crippen LogP contribution in [-0.4, -0.2) is 13.4 Å². The van der Waals surface area contributed by atoms with Gasteiger partial charge in [0.05, 0.1) is 0 Å². The van der Waals surface area contributed by atoms with Gasteiger partial charge in [-0.2, -0.15) is 0 Å². The molecule has 0 aliphatic heterocycles. The van der Waals surface area contributed by atoms with Gasteiger partial charge in [-0.1, -0.05) is 32.9 Å². The molecule has 0 fully saturated rings. The van der Waals surface area contributed by atoms with Gasteiger partial charge in [-0.05, 0) is 30.0 Å². The van der Waals surface area contributed by atoms with Crippen molar-refractivity contribution in [3.63, 3.8) is 0 Å². The summed E-state index contributed by atoms with van der Waals surface area (Å²) in [7, 11) is 1.67. The maximum atomic E-state index is 5.66. The lowest BCUT2D eigenvalue weighted by Crippen LogP contribution is -2.17. The fourth-order valence-corrected chi connectivity index (χ4v) is 1.56. The van der Waals surface area contributed by atoms with E-state index >= 15 is 0 Å². The molecule has 0 bridgehead atoms. The summed E-state index contributed by atoms with van der Waals surface area (Å²) >= 11 is 0.